The van der Waals surface area contributed by atoms with Gasteiger partial charge in [0.2, 0.25) is 0 Å². The van der Waals surface area contributed by atoms with Crippen LogP contribution in [0, 0.1) is 0 Å². The molecule has 0 amide bonds. The number of ketones is 1. The molecule has 1 rings (SSSR count). The van der Waals surface area contributed by atoms with Gasteiger partial charge in [0, 0.05) is 0 Å². The van der Waals surface area contributed by atoms with Gasteiger partial charge in [0.1, 0.15) is 6.61 Å². The van der Waals surface area contributed by atoms with Gasteiger partial charge in [-0.2, -0.15) is 12.6 Å². The first-order valence-corrected chi connectivity index (χ1v) is 5.80. The molecule has 0 aromatic heterocycles. The Balaban J connectivity index is 2.15. The van der Waals surface area contributed by atoms with Crippen LogP contribution in [0.2, 0.25) is 0 Å². The van der Waals surface area contributed by atoms with E-state index in [9.17, 15) is 4.79 Å². The standard InChI is InChI=1S/C10H18O4S/c1-8(11)5-12-6-9-3-2-4-10(14-9)13-7-15/h9-10,15H,2-7H2,1H3. The summed E-state index contributed by atoms with van der Waals surface area (Å²) in [6, 6.07) is 0. The SMILES string of the molecule is CC(=O)COCC1CCCC(OCS)O1. The van der Waals surface area contributed by atoms with E-state index in [1.807, 2.05) is 0 Å². The highest BCUT2D eigenvalue weighted by molar-refractivity contribution is 7.80. The van der Waals surface area contributed by atoms with Gasteiger partial charge < -0.3 is 14.2 Å². The van der Waals surface area contributed by atoms with Crippen LogP contribution < -0.4 is 0 Å². The predicted octanol–water partition coefficient (Wildman–Crippen LogP) is 1.39. The Bertz CT molecular complexity index is 196. The van der Waals surface area contributed by atoms with Crippen molar-refractivity contribution >= 4 is 18.4 Å². The van der Waals surface area contributed by atoms with Gasteiger partial charge in [0.25, 0.3) is 0 Å². The van der Waals surface area contributed by atoms with Crippen molar-refractivity contribution in [2.75, 3.05) is 19.2 Å². The van der Waals surface area contributed by atoms with Gasteiger partial charge in [0.05, 0.1) is 18.6 Å². The molecule has 4 nitrogen and oxygen atoms in total. The lowest BCUT2D eigenvalue weighted by molar-refractivity contribution is -0.195. The Morgan fingerprint density at radius 3 is 3.00 bits per heavy atom. The summed E-state index contributed by atoms with van der Waals surface area (Å²) < 4.78 is 16.1. The van der Waals surface area contributed by atoms with Crippen LogP contribution in [0.15, 0.2) is 0 Å². The second kappa shape index (κ2) is 7.22. The summed E-state index contributed by atoms with van der Waals surface area (Å²) in [5.41, 5.74) is 0. The minimum absolute atomic E-state index is 0.0361. The molecule has 0 aliphatic carbocycles. The summed E-state index contributed by atoms with van der Waals surface area (Å²) in [5, 5.41) is 0. The van der Waals surface area contributed by atoms with Gasteiger partial charge in [-0.25, -0.2) is 0 Å². The second-order valence-electron chi connectivity index (χ2n) is 3.63. The van der Waals surface area contributed by atoms with Crippen LogP contribution in [0.4, 0.5) is 0 Å². The summed E-state index contributed by atoms with van der Waals surface area (Å²) in [6.07, 6.45) is 2.81. The lowest BCUT2D eigenvalue weighted by Gasteiger charge is -2.29. The molecule has 0 aromatic carbocycles. The first-order chi connectivity index (χ1) is 7.22. The molecule has 88 valence electrons. The maximum Gasteiger partial charge on any atom is 0.159 e. The molecule has 0 saturated carbocycles. The Labute approximate surface area is 95.7 Å². The number of carbonyl (C=O) groups is 1. The summed E-state index contributed by atoms with van der Waals surface area (Å²) >= 11 is 3.98. The number of thiol groups is 1. The summed E-state index contributed by atoms with van der Waals surface area (Å²) in [6.45, 7) is 2.14. The molecule has 1 aliphatic rings. The fraction of sp³-hybridized carbons (Fsp3) is 0.900. The third kappa shape index (κ3) is 5.51. The van der Waals surface area contributed by atoms with E-state index in [0.717, 1.165) is 19.3 Å². The van der Waals surface area contributed by atoms with E-state index in [0.29, 0.717) is 12.5 Å². The molecular weight excluding hydrogens is 216 g/mol. The first-order valence-electron chi connectivity index (χ1n) is 5.17. The highest BCUT2D eigenvalue weighted by Gasteiger charge is 2.22. The van der Waals surface area contributed by atoms with Crippen LogP contribution in [-0.2, 0) is 19.0 Å². The van der Waals surface area contributed by atoms with E-state index in [2.05, 4.69) is 12.6 Å². The molecule has 2 unspecified atom stereocenters. The zero-order chi connectivity index (χ0) is 11.1. The van der Waals surface area contributed by atoms with Gasteiger partial charge in [-0.05, 0) is 26.2 Å². The topological polar surface area (TPSA) is 44.8 Å². The van der Waals surface area contributed by atoms with E-state index in [-0.39, 0.29) is 24.8 Å². The number of hydrogen-bond donors (Lipinski definition) is 1. The molecule has 5 heteroatoms. The van der Waals surface area contributed by atoms with Crippen molar-refractivity contribution in [2.45, 2.75) is 38.6 Å². The predicted molar refractivity (Wildman–Crippen MR) is 59.0 cm³/mol. The van der Waals surface area contributed by atoms with Crippen molar-refractivity contribution in [3.05, 3.63) is 0 Å². The molecule has 0 spiro atoms. The number of Topliss-reactive ketones (excluding diaryl/α,β-unsaturated/α-hetero) is 1. The maximum atomic E-state index is 10.7. The summed E-state index contributed by atoms with van der Waals surface area (Å²) in [4.78, 5) is 10.7. The zero-order valence-electron chi connectivity index (χ0n) is 8.98. The zero-order valence-corrected chi connectivity index (χ0v) is 9.87. The van der Waals surface area contributed by atoms with E-state index < -0.39 is 0 Å². The number of hydrogen-bond acceptors (Lipinski definition) is 5. The Kier molecular flexibility index (Phi) is 6.24. The first kappa shape index (κ1) is 13.0. The monoisotopic (exact) mass is 234 g/mol. The minimum atomic E-state index is -0.165. The molecular formula is C10H18O4S. The average Bonchev–Trinajstić information content (AvgIpc) is 2.18. The van der Waals surface area contributed by atoms with Crippen LogP contribution >= 0.6 is 12.6 Å². The highest BCUT2D eigenvalue weighted by atomic mass is 32.1. The van der Waals surface area contributed by atoms with Gasteiger partial charge in [0.15, 0.2) is 12.1 Å². The average molecular weight is 234 g/mol. The van der Waals surface area contributed by atoms with Crippen molar-refractivity contribution < 1.29 is 19.0 Å². The minimum Gasteiger partial charge on any atom is -0.371 e. The third-order valence-corrected chi connectivity index (χ3v) is 2.33. The van der Waals surface area contributed by atoms with E-state index in [4.69, 9.17) is 14.2 Å². The fourth-order valence-electron chi connectivity index (χ4n) is 1.53. The van der Waals surface area contributed by atoms with Crippen LogP contribution in [-0.4, -0.2) is 37.3 Å². The Morgan fingerprint density at radius 2 is 2.33 bits per heavy atom. The third-order valence-electron chi connectivity index (χ3n) is 2.18. The van der Waals surface area contributed by atoms with Crippen molar-refractivity contribution in [3.8, 4) is 0 Å². The summed E-state index contributed by atoms with van der Waals surface area (Å²) in [7, 11) is 0. The van der Waals surface area contributed by atoms with Crippen LogP contribution in [0.5, 0.6) is 0 Å². The van der Waals surface area contributed by atoms with Crippen molar-refractivity contribution in [3.63, 3.8) is 0 Å². The fourth-order valence-corrected chi connectivity index (χ4v) is 1.69. The number of ether oxygens (including phenoxy) is 3. The van der Waals surface area contributed by atoms with Gasteiger partial charge in [-0.1, -0.05) is 0 Å². The lowest BCUT2D eigenvalue weighted by atomic mass is 10.1. The van der Waals surface area contributed by atoms with Crippen molar-refractivity contribution in [2.24, 2.45) is 0 Å². The molecule has 0 bridgehead atoms. The maximum absolute atomic E-state index is 10.7. The Hall–Kier alpha value is -0.100. The van der Waals surface area contributed by atoms with E-state index >= 15 is 0 Å². The van der Waals surface area contributed by atoms with Crippen molar-refractivity contribution in [1.82, 2.24) is 0 Å². The highest BCUT2D eigenvalue weighted by Crippen LogP contribution is 2.20. The van der Waals surface area contributed by atoms with Gasteiger partial charge >= 0.3 is 0 Å². The number of carbonyl (C=O) groups excluding carboxylic acids is 1. The quantitative estimate of drug-likeness (QED) is 0.557. The molecule has 15 heavy (non-hydrogen) atoms. The molecule has 1 saturated heterocycles. The summed E-state index contributed by atoms with van der Waals surface area (Å²) in [5.74, 6) is 0.403. The van der Waals surface area contributed by atoms with E-state index in [1.54, 1.807) is 0 Å². The van der Waals surface area contributed by atoms with Crippen LogP contribution in [0.1, 0.15) is 26.2 Å². The molecule has 0 radical (unpaired) electrons. The van der Waals surface area contributed by atoms with Crippen LogP contribution in [0.25, 0.3) is 0 Å². The lowest BCUT2D eigenvalue weighted by Crippen LogP contribution is -2.33. The normalized spacial score (nSPS) is 26.5. The largest absolute Gasteiger partial charge is 0.371 e. The Morgan fingerprint density at radius 1 is 1.53 bits per heavy atom. The number of rotatable bonds is 6. The van der Waals surface area contributed by atoms with Gasteiger partial charge in [-0.15, -0.1) is 0 Å². The molecule has 1 fully saturated rings. The smallest absolute Gasteiger partial charge is 0.159 e. The molecule has 0 N–H and O–H groups in total. The molecule has 0 aromatic rings. The van der Waals surface area contributed by atoms with Gasteiger partial charge in [-0.3, -0.25) is 4.79 Å². The van der Waals surface area contributed by atoms with Crippen LogP contribution in [0.3, 0.4) is 0 Å². The molecule has 2 atom stereocenters. The van der Waals surface area contributed by atoms with E-state index in [1.165, 1.54) is 6.92 Å². The second-order valence-corrected chi connectivity index (χ2v) is 3.89. The molecule has 1 heterocycles. The van der Waals surface area contributed by atoms with Crippen molar-refractivity contribution in [1.29, 1.82) is 0 Å². The molecule has 1 aliphatic heterocycles.